The fourth-order valence-corrected chi connectivity index (χ4v) is 5.62. The Balaban J connectivity index is 1.71. The molecule has 4 heterocycles. The van der Waals surface area contributed by atoms with Crippen molar-refractivity contribution in [1.29, 1.82) is 0 Å². The fraction of sp³-hybridized carbons (Fsp3) is 0.318. The van der Waals surface area contributed by atoms with Crippen molar-refractivity contribution < 1.29 is 9.47 Å². The molecule has 2 bridgehead atoms. The SMILES string of the molecule is CCc1nn(C)c2c1/C=C/c1nn(PI)c3ccc(cc13)-c1cnn(C)c1OCCOC2. The van der Waals surface area contributed by atoms with Gasteiger partial charge >= 0.3 is 0 Å². The summed E-state index contributed by atoms with van der Waals surface area (Å²) in [7, 11) is 3.86. The van der Waals surface area contributed by atoms with Gasteiger partial charge in [0.25, 0.3) is 0 Å². The van der Waals surface area contributed by atoms with Gasteiger partial charge in [-0.15, -0.1) is 0 Å². The normalized spacial score (nSPS) is 15.5. The molecule has 4 aromatic rings. The Labute approximate surface area is 200 Å². The zero-order valence-electron chi connectivity index (χ0n) is 18.2. The van der Waals surface area contributed by atoms with E-state index in [1.807, 2.05) is 25.0 Å². The highest BCUT2D eigenvalue weighted by Crippen LogP contribution is 2.36. The number of nitrogens with zero attached hydrogens (tertiary/aromatic N) is 6. The molecule has 10 heteroatoms. The molecular formula is C22H24IN6O2P. The Morgan fingerprint density at radius 1 is 1.12 bits per heavy atom. The lowest BCUT2D eigenvalue weighted by molar-refractivity contribution is 0.0825. The number of aromatic nitrogens is 6. The lowest BCUT2D eigenvalue weighted by Crippen LogP contribution is -2.11. The maximum absolute atomic E-state index is 6.09. The molecule has 1 aliphatic heterocycles. The Bertz CT molecular complexity index is 1320. The molecule has 0 aliphatic carbocycles. The second-order valence-electron chi connectivity index (χ2n) is 7.62. The third-order valence-electron chi connectivity index (χ3n) is 5.71. The highest BCUT2D eigenvalue weighted by atomic mass is 127. The minimum atomic E-state index is 0.442. The number of fused-ring (bicyclic) bond motifs is 4. The molecule has 8 nitrogen and oxygen atoms in total. The van der Waals surface area contributed by atoms with Gasteiger partial charge in [0.1, 0.15) is 6.61 Å². The van der Waals surface area contributed by atoms with Gasteiger partial charge in [0.2, 0.25) is 5.88 Å². The standard InChI is InChI=1S/C22H24IN6O2P/c1-4-18-15-6-7-19-16-11-14(5-8-20(16)29(26-19)32-23)17-12-24-28(3)22(17)31-10-9-30-13-21(15)27(2)25-18/h5-8,11-12,32H,4,9-10,13H2,1-3H3/b7-6+. The van der Waals surface area contributed by atoms with E-state index < -0.39 is 0 Å². The van der Waals surface area contributed by atoms with Crippen molar-refractivity contribution in [2.75, 3.05) is 13.2 Å². The highest BCUT2D eigenvalue weighted by molar-refractivity contribution is 14.2. The van der Waals surface area contributed by atoms with Gasteiger partial charge in [0.15, 0.2) is 0 Å². The monoisotopic (exact) mass is 562 g/mol. The van der Waals surface area contributed by atoms with Crippen molar-refractivity contribution in [1.82, 2.24) is 29.1 Å². The first-order valence-corrected chi connectivity index (χ1v) is 14.5. The summed E-state index contributed by atoms with van der Waals surface area (Å²) < 4.78 is 17.8. The molecule has 5 rings (SSSR count). The first-order chi connectivity index (χ1) is 15.6. The van der Waals surface area contributed by atoms with Crippen molar-refractivity contribution in [2.24, 2.45) is 14.1 Å². The summed E-state index contributed by atoms with van der Waals surface area (Å²) in [4.78, 5) is 0. The van der Waals surface area contributed by atoms with Crippen molar-refractivity contribution in [2.45, 2.75) is 20.0 Å². The third-order valence-corrected chi connectivity index (χ3v) is 7.59. The van der Waals surface area contributed by atoms with E-state index in [0.717, 1.165) is 57.0 Å². The number of hydrogen-bond donors (Lipinski definition) is 0. The molecule has 1 aromatic carbocycles. The van der Waals surface area contributed by atoms with Gasteiger partial charge in [-0.2, -0.15) is 15.3 Å². The summed E-state index contributed by atoms with van der Waals surface area (Å²) in [5.41, 5.74) is 7.28. The minimum Gasteiger partial charge on any atom is -0.475 e. The molecule has 1 aliphatic rings. The molecule has 0 amide bonds. The van der Waals surface area contributed by atoms with Gasteiger partial charge in [0, 0.05) is 25.0 Å². The van der Waals surface area contributed by atoms with E-state index in [1.54, 1.807) is 4.68 Å². The summed E-state index contributed by atoms with van der Waals surface area (Å²) in [6, 6.07) is 6.42. The maximum Gasteiger partial charge on any atom is 0.219 e. The van der Waals surface area contributed by atoms with Gasteiger partial charge in [-0.1, -0.05) is 13.0 Å². The summed E-state index contributed by atoms with van der Waals surface area (Å²) in [6.07, 6.45) is 7.45. The van der Waals surface area contributed by atoms with Crippen LogP contribution in [0.1, 0.15) is 29.6 Å². The van der Waals surface area contributed by atoms with E-state index in [1.165, 1.54) is 0 Å². The number of aryl methyl sites for hydroxylation is 3. The molecule has 166 valence electrons. The van der Waals surface area contributed by atoms with Crippen LogP contribution in [0.5, 0.6) is 5.88 Å². The molecule has 0 saturated heterocycles. The van der Waals surface area contributed by atoms with Gasteiger partial charge in [0.05, 0.1) is 53.9 Å². The van der Waals surface area contributed by atoms with E-state index in [9.17, 15) is 0 Å². The van der Waals surface area contributed by atoms with E-state index >= 15 is 0 Å². The van der Waals surface area contributed by atoms with Crippen molar-refractivity contribution in [3.63, 3.8) is 0 Å². The third kappa shape index (κ3) is 3.76. The molecule has 0 fully saturated rings. The summed E-state index contributed by atoms with van der Waals surface area (Å²) in [6.45, 7) is 3.51. The Hall–Kier alpha value is -2.23. The number of halogens is 1. The second kappa shape index (κ2) is 8.96. The van der Waals surface area contributed by atoms with Crippen LogP contribution in [0.25, 0.3) is 34.2 Å². The Kier molecular flexibility index (Phi) is 6.05. The quantitative estimate of drug-likeness (QED) is 0.264. The predicted octanol–water partition coefficient (Wildman–Crippen LogP) is 4.60. The van der Waals surface area contributed by atoms with Gasteiger partial charge in [-0.05, 0) is 58.3 Å². The van der Waals surface area contributed by atoms with E-state index in [0.29, 0.717) is 26.2 Å². The van der Waals surface area contributed by atoms with Crippen LogP contribution >= 0.6 is 28.4 Å². The van der Waals surface area contributed by atoms with Gasteiger partial charge < -0.3 is 9.47 Å². The smallest absolute Gasteiger partial charge is 0.219 e. The first-order valence-electron chi connectivity index (χ1n) is 10.5. The fourth-order valence-electron chi connectivity index (χ4n) is 4.08. The van der Waals surface area contributed by atoms with Gasteiger partial charge in [-0.25, -0.2) is 9.13 Å². The van der Waals surface area contributed by atoms with Crippen LogP contribution in [0.15, 0.2) is 24.4 Å². The lowest BCUT2D eigenvalue weighted by Gasteiger charge is -2.10. The van der Waals surface area contributed by atoms with Crippen LogP contribution < -0.4 is 4.74 Å². The topological polar surface area (TPSA) is 71.9 Å². The lowest BCUT2D eigenvalue weighted by atomic mass is 10.0. The van der Waals surface area contributed by atoms with E-state index in [4.69, 9.17) is 19.7 Å². The maximum atomic E-state index is 6.09. The molecule has 0 radical (unpaired) electrons. The van der Waals surface area contributed by atoms with Crippen molar-refractivity contribution in [3.05, 3.63) is 47.0 Å². The predicted molar refractivity (Wildman–Crippen MR) is 136 cm³/mol. The summed E-state index contributed by atoms with van der Waals surface area (Å²) in [5.74, 6) is 0.734. The average molecular weight is 562 g/mol. The highest BCUT2D eigenvalue weighted by Gasteiger charge is 2.18. The number of ether oxygens (including phenoxy) is 2. The minimum absolute atomic E-state index is 0.442. The Morgan fingerprint density at radius 2 is 2.00 bits per heavy atom. The van der Waals surface area contributed by atoms with Crippen LogP contribution in [0.2, 0.25) is 0 Å². The van der Waals surface area contributed by atoms with Crippen molar-refractivity contribution >= 4 is 51.5 Å². The Morgan fingerprint density at radius 3 is 2.81 bits per heavy atom. The second-order valence-corrected chi connectivity index (χ2v) is 9.66. The van der Waals surface area contributed by atoms with Crippen LogP contribution in [0.4, 0.5) is 0 Å². The zero-order chi connectivity index (χ0) is 22.2. The van der Waals surface area contributed by atoms with Crippen LogP contribution in [0.3, 0.4) is 0 Å². The first kappa shape index (κ1) is 21.6. The summed E-state index contributed by atoms with van der Waals surface area (Å²) in [5, 5.41) is 15.1. The summed E-state index contributed by atoms with van der Waals surface area (Å²) >= 11 is 2.37. The van der Waals surface area contributed by atoms with Crippen molar-refractivity contribution in [3.8, 4) is 17.0 Å². The molecule has 0 saturated carbocycles. The van der Waals surface area contributed by atoms with E-state index in [2.05, 4.69) is 68.9 Å². The molecule has 0 N–H and O–H groups in total. The molecule has 1 atom stereocenters. The number of benzene rings is 1. The van der Waals surface area contributed by atoms with Crippen LogP contribution in [-0.4, -0.2) is 42.3 Å². The molecular weight excluding hydrogens is 538 g/mol. The van der Waals surface area contributed by atoms with Crippen LogP contribution in [0, 0.1) is 0 Å². The van der Waals surface area contributed by atoms with Crippen LogP contribution in [-0.2, 0) is 31.9 Å². The molecule has 1 unspecified atom stereocenters. The molecule has 0 spiro atoms. The molecule has 3 aromatic heterocycles. The van der Waals surface area contributed by atoms with Gasteiger partial charge in [-0.3, -0.25) is 4.68 Å². The average Bonchev–Trinajstić information content (AvgIpc) is 3.44. The number of rotatable bonds is 2. The largest absolute Gasteiger partial charge is 0.475 e. The number of hydrogen-bond acceptors (Lipinski definition) is 5. The zero-order valence-corrected chi connectivity index (χ0v) is 21.3. The molecule has 32 heavy (non-hydrogen) atoms. The van der Waals surface area contributed by atoms with E-state index in [-0.39, 0.29) is 0 Å².